The molecule has 0 amide bonds. The number of rotatable bonds is 26. The van der Waals surface area contributed by atoms with Crippen molar-refractivity contribution in [2.75, 3.05) is 59.3 Å². The summed E-state index contributed by atoms with van der Waals surface area (Å²) in [5.41, 5.74) is 0. The van der Waals surface area contributed by atoms with Gasteiger partial charge in [0.1, 0.15) is 32.8 Å². The Kier molecular flexibility index (Phi) is 22.0. The number of quaternary nitrogens is 1. The van der Waals surface area contributed by atoms with Crippen LogP contribution in [0.3, 0.4) is 0 Å². The van der Waals surface area contributed by atoms with E-state index in [0.717, 1.165) is 38.5 Å². The molecular weight excluding hydrogens is 457 g/mol. The second kappa shape index (κ2) is 22.1. The summed E-state index contributed by atoms with van der Waals surface area (Å²) < 4.78 is 23.0. The predicted octanol–water partition coefficient (Wildman–Crippen LogP) is 5.64. The van der Waals surface area contributed by atoms with Crippen molar-refractivity contribution in [3.63, 3.8) is 0 Å². The van der Waals surface area contributed by atoms with Crippen molar-refractivity contribution in [2.24, 2.45) is 5.92 Å². The minimum atomic E-state index is -3.74. The molecule has 2 N–H and O–H groups in total. The molecule has 0 aliphatic rings. The Morgan fingerprint density at radius 1 is 0.824 bits per heavy atom. The van der Waals surface area contributed by atoms with Crippen LogP contribution in [0.2, 0.25) is 0 Å². The van der Waals surface area contributed by atoms with Crippen LogP contribution in [0.1, 0.15) is 85.0 Å². The Hall–Kier alpha value is -0.150. The first-order chi connectivity index (χ1) is 16.4. The van der Waals surface area contributed by atoms with Crippen LogP contribution in [0, 0.1) is 5.92 Å². The summed E-state index contributed by atoms with van der Waals surface area (Å²) in [6.07, 6.45) is 11.7. The molecule has 0 saturated carbocycles. The van der Waals surface area contributed by atoms with Gasteiger partial charge in [0.05, 0.1) is 18.1 Å². The molecule has 0 aliphatic heterocycles. The Balaban J connectivity index is 4.63. The van der Waals surface area contributed by atoms with Crippen LogP contribution in [0.5, 0.6) is 0 Å². The van der Waals surface area contributed by atoms with Gasteiger partial charge in [0, 0.05) is 17.8 Å². The van der Waals surface area contributed by atoms with E-state index in [2.05, 4.69) is 6.58 Å². The molecule has 0 rings (SSSR count). The van der Waals surface area contributed by atoms with E-state index in [-0.39, 0.29) is 30.4 Å². The molecule has 2 atom stereocenters. The van der Waals surface area contributed by atoms with Gasteiger partial charge in [-0.25, -0.2) is 0 Å². The Labute approximate surface area is 209 Å². The van der Waals surface area contributed by atoms with E-state index >= 15 is 0 Å². The fourth-order valence-corrected chi connectivity index (χ4v) is 5.33. The van der Waals surface area contributed by atoms with Crippen LogP contribution in [0.15, 0.2) is 12.7 Å². The van der Waals surface area contributed by atoms with Gasteiger partial charge in [-0.3, -0.25) is 0 Å². The van der Waals surface area contributed by atoms with Gasteiger partial charge in [-0.05, 0) is 65.2 Å². The van der Waals surface area contributed by atoms with Crippen molar-refractivity contribution >= 4 is 8.17 Å². The Bertz CT molecular complexity index is 460. The van der Waals surface area contributed by atoms with Crippen LogP contribution in [0.4, 0.5) is 0 Å². The average Bonchev–Trinajstić information content (AvgIpc) is 2.85. The molecule has 0 heterocycles. The molecule has 2 unspecified atom stereocenters. The summed E-state index contributed by atoms with van der Waals surface area (Å²) >= 11 is 0. The molecule has 34 heavy (non-hydrogen) atoms. The van der Waals surface area contributed by atoms with E-state index in [1.54, 1.807) is 0 Å². The lowest BCUT2D eigenvalue weighted by Gasteiger charge is -2.30. The highest BCUT2D eigenvalue weighted by molar-refractivity contribution is 7.55. The predicted molar refractivity (Wildman–Crippen MR) is 137 cm³/mol. The molecule has 0 saturated heterocycles. The molecule has 8 nitrogen and oxygen atoms in total. The van der Waals surface area contributed by atoms with Crippen molar-refractivity contribution in [1.82, 2.24) is 0 Å². The third-order valence-corrected chi connectivity index (χ3v) is 7.77. The van der Waals surface area contributed by atoms with Crippen molar-refractivity contribution in [3.8, 4) is 0 Å². The third kappa shape index (κ3) is 16.5. The number of unbranched alkanes of at least 4 members (excludes halogenated alkanes) is 6. The largest absolute Gasteiger partial charge is 0.665 e. The van der Waals surface area contributed by atoms with Gasteiger partial charge in [-0.1, -0.05) is 31.8 Å². The number of hydrogen-bond acceptors (Lipinski definition) is 6. The summed E-state index contributed by atoms with van der Waals surface area (Å²) in [6, 6.07) is 0. The first kappa shape index (κ1) is 33.8. The Morgan fingerprint density at radius 3 is 2.03 bits per heavy atom. The molecule has 0 aromatic carbocycles. The van der Waals surface area contributed by atoms with Crippen molar-refractivity contribution in [1.29, 1.82) is 0 Å². The van der Waals surface area contributed by atoms with E-state index in [4.69, 9.17) is 23.5 Å². The number of allylic oxidation sites excluding steroid dienone is 1. The quantitative estimate of drug-likeness (QED) is 0.0514. The fourth-order valence-electron chi connectivity index (χ4n) is 3.71. The van der Waals surface area contributed by atoms with Crippen molar-refractivity contribution < 1.29 is 38.2 Å². The highest BCUT2D eigenvalue weighted by atomic mass is 31.2. The first-order valence-electron chi connectivity index (χ1n) is 13.3. The third-order valence-electron chi connectivity index (χ3n) is 6.22. The van der Waals surface area contributed by atoms with E-state index in [1.165, 1.54) is 19.3 Å². The number of aliphatic hydroxyl groups is 2. The second-order valence-corrected chi connectivity index (χ2v) is 10.3. The van der Waals surface area contributed by atoms with Crippen molar-refractivity contribution in [3.05, 3.63) is 12.7 Å². The smallest absolute Gasteiger partial charge is 0.396 e. The topological polar surface area (TPSA) is 97.3 Å². The standard InChI is InChI=1S/C25H53NO7P/c1-5-9-10-11-12-13-14-15-21-31-34(29,33-26(6-2,7-3)8-4)32-22-18-25(24-28)17-16-20-30-23-19-27/h5,25,27-28H,1,6-24H2,2-4H3/q+2. The van der Waals surface area contributed by atoms with Crippen LogP contribution in [0.25, 0.3) is 0 Å². The summed E-state index contributed by atoms with van der Waals surface area (Å²) in [7, 11) is -3.74. The SMILES string of the molecule is C=CCCCCCCCCO[P+]([O])(OCCC(CO)CCCOCCO)O[N+](CC)(CC)CC. The molecule has 0 fully saturated rings. The minimum Gasteiger partial charge on any atom is -0.396 e. The van der Waals surface area contributed by atoms with E-state index in [9.17, 15) is 10.00 Å². The van der Waals surface area contributed by atoms with E-state index < -0.39 is 8.17 Å². The van der Waals surface area contributed by atoms with Gasteiger partial charge in [-0.15, -0.1) is 20.3 Å². The number of ether oxygens (including phenoxy) is 1. The number of hydrogen-bond donors (Lipinski definition) is 2. The minimum absolute atomic E-state index is 0.00949. The van der Waals surface area contributed by atoms with Crippen LogP contribution in [-0.2, 0) is 23.3 Å². The normalized spacial score (nSPS) is 14.8. The van der Waals surface area contributed by atoms with Crippen LogP contribution >= 0.6 is 8.17 Å². The van der Waals surface area contributed by atoms with Gasteiger partial charge in [-0.2, -0.15) is 0 Å². The summed E-state index contributed by atoms with van der Waals surface area (Å²) in [6.45, 7) is 13.2. The maximum Gasteiger partial charge on any atom is 0.665 e. The lowest BCUT2D eigenvalue weighted by molar-refractivity contribution is -1.08. The molecular formula is C25H53NO7P+2. The lowest BCUT2D eigenvalue weighted by atomic mass is 10.0. The summed E-state index contributed by atoms with van der Waals surface area (Å²) in [5, 5.41) is 18.4. The zero-order chi connectivity index (χ0) is 25.5. The molecule has 0 aliphatic carbocycles. The fraction of sp³-hybridized carbons (Fsp3) is 0.920. The summed E-state index contributed by atoms with van der Waals surface area (Å²) in [5.74, 6) is 0.0232. The average molecular weight is 511 g/mol. The van der Waals surface area contributed by atoms with Crippen LogP contribution < -0.4 is 0 Å². The maximum atomic E-state index is 13.5. The Morgan fingerprint density at radius 2 is 1.44 bits per heavy atom. The number of hydroxylamine groups is 3. The molecule has 9 heteroatoms. The molecule has 203 valence electrons. The zero-order valence-electron chi connectivity index (χ0n) is 22.1. The van der Waals surface area contributed by atoms with Gasteiger partial charge in [0.25, 0.3) is 0 Å². The zero-order valence-corrected chi connectivity index (χ0v) is 23.0. The molecule has 1 radical (unpaired) electrons. The number of aliphatic hydroxyl groups excluding tert-OH is 2. The van der Waals surface area contributed by atoms with Gasteiger partial charge in [0.2, 0.25) is 0 Å². The van der Waals surface area contributed by atoms with E-state index in [1.807, 2.05) is 26.8 Å². The maximum absolute atomic E-state index is 13.5. The molecule has 0 aromatic rings. The summed E-state index contributed by atoms with van der Waals surface area (Å²) in [4.78, 5) is 13.5. The highest BCUT2D eigenvalue weighted by Crippen LogP contribution is 2.61. The number of nitrogens with zero attached hydrogens (tertiary/aromatic N) is 1. The van der Waals surface area contributed by atoms with Crippen LogP contribution in [-0.4, -0.2) is 74.1 Å². The van der Waals surface area contributed by atoms with Gasteiger partial charge in [0.15, 0.2) is 0 Å². The lowest BCUT2D eigenvalue weighted by Crippen LogP contribution is -2.47. The monoisotopic (exact) mass is 510 g/mol. The molecule has 0 aromatic heterocycles. The molecule has 0 spiro atoms. The van der Waals surface area contributed by atoms with Crippen molar-refractivity contribution in [2.45, 2.75) is 85.0 Å². The first-order valence-corrected chi connectivity index (χ1v) is 14.8. The highest BCUT2D eigenvalue weighted by Gasteiger charge is 2.57. The van der Waals surface area contributed by atoms with E-state index in [0.29, 0.717) is 45.9 Å². The molecule has 0 bridgehead atoms. The van der Waals surface area contributed by atoms with Gasteiger partial charge < -0.3 is 14.9 Å². The van der Waals surface area contributed by atoms with Gasteiger partial charge >= 0.3 is 8.17 Å². The second-order valence-electron chi connectivity index (χ2n) is 8.72.